The number of aryl methyl sites for hydroxylation is 2. The molecule has 0 bridgehead atoms. The van der Waals surface area contributed by atoms with Crippen molar-refractivity contribution >= 4 is 5.78 Å². The molecule has 0 fully saturated rings. The van der Waals surface area contributed by atoms with Crippen molar-refractivity contribution in [3.63, 3.8) is 0 Å². The number of carbonyl (C=O) groups excluding carboxylic acids is 1. The molecule has 2 rings (SSSR count). The molecule has 18 heavy (non-hydrogen) atoms. The molecule has 1 aliphatic rings. The lowest BCUT2D eigenvalue weighted by molar-refractivity contribution is -0.118. The summed E-state index contributed by atoms with van der Waals surface area (Å²) in [5.74, 6) is 0.366. The molecule has 0 radical (unpaired) electrons. The van der Waals surface area contributed by atoms with Crippen molar-refractivity contribution in [1.82, 2.24) is 0 Å². The zero-order valence-electron chi connectivity index (χ0n) is 11.1. The highest BCUT2D eigenvalue weighted by Gasteiger charge is 2.12. The first-order valence-electron chi connectivity index (χ1n) is 7.12. The maximum atomic E-state index is 11.8. The predicted molar refractivity (Wildman–Crippen MR) is 74.7 cm³/mol. The Morgan fingerprint density at radius 1 is 1.11 bits per heavy atom. The van der Waals surface area contributed by atoms with Gasteiger partial charge in [-0.05, 0) is 55.3 Å². The lowest BCUT2D eigenvalue weighted by Gasteiger charge is -2.05. The van der Waals surface area contributed by atoms with Gasteiger partial charge in [0.1, 0.15) is 5.78 Å². The molecule has 0 saturated heterocycles. The molecule has 2 heteroatoms. The van der Waals surface area contributed by atoms with E-state index < -0.39 is 0 Å². The van der Waals surface area contributed by atoms with E-state index >= 15 is 0 Å². The molecular weight excluding hydrogens is 222 g/mol. The first-order valence-corrected chi connectivity index (χ1v) is 7.12. The van der Waals surface area contributed by atoms with E-state index in [2.05, 4.69) is 18.2 Å². The summed E-state index contributed by atoms with van der Waals surface area (Å²) in [6.07, 6.45) is 8.08. The average molecular weight is 245 g/mol. The van der Waals surface area contributed by atoms with E-state index in [1.54, 1.807) is 0 Å². The van der Waals surface area contributed by atoms with Gasteiger partial charge >= 0.3 is 0 Å². The number of unbranched alkanes of at least 4 members (excludes halogenated alkanes) is 2. The van der Waals surface area contributed by atoms with E-state index in [1.165, 1.54) is 36.0 Å². The van der Waals surface area contributed by atoms with Crippen LogP contribution in [0, 0.1) is 0 Å². The standard InChI is InChI=1S/C16H23NO/c17-10-3-1-2-7-16(18)12-13-8-9-14-5-4-6-15(14)11-13/h8-9,11H,1-7,10,12,17H2. The summed E-state index contributed by atoms with van der Waals surface area (Å²) < 4.78 is 0. The van der Waals surface area contributed by atoms with Crippen LogP contribution < -0.4 is 5.73 Å². The summed E-state index contributed by atoms with van der Waals surface area (Å²) in [7, 11) is 0. The fourth-order valence-electron chi connectivity index (χ4n) is 2.69. The van der Waals surface area contributed by atoms with Crippen LogP contribution in [-0.2, 0) is 24.1 Å². The minimum Gasteiger partial charge on any atom is -0.330 e. The van der Waals surface area contributed by atoms with Crippen molar-refractivity contribution in [2.75, 3.05) is 6.54 Å². The van der Waals surface area contributed by atoms with Crippen LogP contribution in [0.4, 0.5) is 0 Å². The fraction of sp³-hybridized carbons (Fsp3) is 0.562. The number of hydrogen-bond donors (Lipinski definition) is 1. The minimum absolute atomic E-state index is 0.366. The van der Waals surface area contributed by atoms with Crippen molar-refractivity contribution < 1.29 is 4.79 Å². The lowest BCUT2D eigenvalue weighted by Crippen LogP contribution is -2.04. The fourth-order valence-corrected chi connectivity index (χ4v) is 2.69. The van der Waals surface area contributed by atoms with Gasteiger partial charge in [-0.1, -0.05) is 24.6 Å². The summed E-state index contributed by atoms with van der Waals surface area (Å²) >= 11 is 0. The van der Waals surface area contributed by atoms with Gasteiger partial charge in [-0.25, -0.2) is 0 Å². The van der Waals surface area contributed by atoms with Gasteiger partial charge in [0.15, 0.2) is 0 Å². The third kappa shape index (κ3) is 3.67. The molecule has 0 unspecified atom stereocenters. The summed E-state index contributed by atoms with van der Waals surface area (Å²) in [6.45, 7) is 0.735. The second kappa shape index (κ2) is 6.69. The third-order valence-corrected chi connectivity index (χ3v) is 3.72. The molecular formula is C16H23NO. The zero-order chi connectivity index (χ0) is 12.8. The molecule has 1 aromatic carbocycles. The van der Waals surface area contributed by atoms with Crippen LogP contribution >= 0.6 is 0 Å². The Morgan fingerprint density at radius 2 is 1.94 bits per heavy atom. The predicted octanol–water partition coefficient (Wildman–Crippen LogP) is 2.81. The van der Waals surface area contributed by atoms with E-state index in [9.17, 15) is 4.79 Å². The third-order valence-electron chi connectivity index (χ3n) is 3.72. The Kier molecular flexibility index (Phi) is 4.94. The topological polar surface area (TPSA) is 43.1 Å². The van der Waals surface area contributed by atoms with Crippen LogP contribution in [0.1, 0.15) is 48.8 Å². The molecule has 2 nitrogen and oxygen atoms in total. The largest absolute Gasteiger partial charge is 0.330 e. The highest BCUT2D eigenvalue weighted by atomic mass is 16.1. The Bertz CT molecular complexity index is 412. The molecule has 0 aromatic heterocycles. The highest BCUT2D eigenvalue weighted by Crippen LogP contribution is 2.23. The first kappa shape index (κ1) is 13.3. The highest BCUT2D eigenvalue weighted by molar-refractivity contribution is 5.80. The van der Waals surface area contributed by atoms with Gasteiger partial charge in [-0.3, -0.25) is 4.79 Å². The van der Waals surface area contributed by atoms with Crippen molar-refractivity contribution in [1.29, 1.82) is 0 Å². The number of nitrogens with two attached hydrogens (primary N) is 1. The smallest absolute Gasteiger partial charge is 0.137 e. The quantitative estimate of drug-likeness (QED) is 0.751. The Balaban J connectivity index is 1.80. The van der Waals surface area contributed by atoms with Crippen LogP contribution in [0.2, 0.25) is 0 Å². The van der Waals surface area contributed by atoms with Gasteiger partial charge in [-0.2, -0.15) is 0 Å². The zero-order valence-corrected chi connectivity index (χ0v) is 11.1. The van der Waals surface area contributed by atoms with Crippen molar-refractivity contribution in [3.05, 3.63) is 34.9 Å². The summed E-state index contributed by atoms with van der Waals surface area (Å²) in [4.78, 5) is 11.8. The molecule has 1 aliphatic carbocycles. The van der Waals surface area contributed by atoms with Gasteiger partial charge in [0, 0.05) is 12.8 Å². The SMILES string of the molecule is NCCCCCC(=O)Cc1ccc2c(c1)CCC2. The second-order valence-electron chi connectivity index (χ2n) is 5.27. The van der Waals surface area contributed by atoms with Gasteiger partial charge in [0.05, 0.1) is 0 Å². The Hall–Kier alpha value is -1.15. The number of carbonyl (C=O) groups is 1. The van der Waals surface area contributed by atoms with Gasteiger partial charge in [0.2, 0.25) is 0 Å². The van der Waals surface area contributed by atoms with Gasteiger partial charge in [-0.15, -0.1) is 0 Å². The molecule has 1 aromatic rings. The molecule has 0 heterocycles. The van der Waals surface area contributed by atoms with Crippen LogP contribution in [0.5, 0.6) is 0 Å². The Labute approximate surface area is 110 Å². The van der Waals surface area contributed by atoms with Crippen LogP contribution in [0.15, 0.2) is 18.2 Å². The maximum absolute atomic E-state index is 11.8. The van der Waals surface area contributed by atoms with E-state index in [0.29, 0.717) is 18.6 Å². The van der Waals surface area contributed by atoms with E-state index in [0.717, 1.165) is 25.8 Å². The van der Waals surface area contributed by atoms with E-state index in [4.69, 9.17) is 5.73 Å². The molecule has 0 aliphatic heterocycles. The summed E-state index contributed by atoms with van der Waals surface area (Å²) in [6, 6.07) is 6.57. The summed E-state index contributed by atoms with van der Waals surface area (Å²) in [5.41, 5.74) is 9.57. The number of fused-ring (bicyclic) bond motifs is 1. The average Bonchev–Trinajstić information content (AvgIpc) is 2.82. The van der Waals surface area contributed by atoms with E-state index in [-0.39, 0.29) is 0 Å². The first-order chi connectivity index (χ1) is 8.79. The number of rotatable bonds is 7. The monoisotopic (exact) mass is 245 g/mol. The molecule has 0 spiro atoms. The molecule has 98 valence electrons. The minimum atomic E-state index is 0.366. The summed E-state index contributed by atoms with van der Waals surface area (Å²) in [5, 5.41) is 0. The van der Waals surface area contributed by atoms with Crippen molar-refractivity contribution in [3.8, 4) is 0 Å². The number of hydrogen-bond acceptors (Lipinski definition) is 2. The molecule has 0 amide bonds. The van der Waals surface area contributed by atoms with Crippen LogP contribution in [-0.4, -0.2) is 12.3 Å². The van der Waals surface area contributed by atoms with Crippen LogP contribution in [0.25, 0.3) is 0 Å². The lowest BCUT2D eigenvalue weighted by atomic mass is 10.0. The van der Waals surface area contributed by atoms with Gasteiger partial charge in [0.25, 0.3) is 0 Å². The number of Topliss-reactive ketones (excluding diaryl/α,β-unsaturated/α-hetero) is 1. The van der Waals surface area contributed by atoms with Gasteiger partial charge < -0.3 is 5.73 Å². The maximum Gasteiger partial charge on any atom is 0.137 e. The van der Waals surface area contributed by atoms with Crippen molar-refractivity contribution in [2.24, 2.45) is 5.73 Å². The number of benzene rings is 1. The molecule has 0 saturated carbocycles. The normalized spacial score (nSPS) is 13.6. The Morgan fingerprint density at radius 3 is 2.78 bits per heavy atom. The second-order valence-corrected chi connectivity index (χ2v) is 5.27. The molecule has 0 atom stereocenters. The van der Waals surface area contributed by atoms with E-state index in [1.807, 2.05) is 0 Å². The van der Waals surface area contributed by atoms with Crippen LogP contribution in [0.3, 0.4) is 0 Å². The number of ketones is 1. The van der Waals surface area contributed by atoms with Crippen molar-refractivity contribution in [2.45, 2.75) is 51.4 Å². The molecule has 2 N–H and O–H groups in total.